The second-order valence-electron chi connectivity index (χ2n) is 4.61. The summed E-state index contributed by atoms with van der Waals surface area (Å²) in [4.78, 5) is 1.31. The Morgan fingerprint density at radius 2 is 1.67 bits per heavy atom. The van der Waals surface area contributed by atoms with Crippen LogP contribution in [0.2, 0.25) is 0 Å². The van der Waals surface area contributed by atoms with E-state index in [9.17, 15) is 0 Å². The van der Waals surface area contributed by atoms with Crippen LogP contribution < -0.4 is 0 Å². The molecule has 0 aliphatic heterocycles. The molecule has 0 amide bonds. The van der Waals surface area contributed by atoms with E-state index in [1.165, 1.54) is 16.0 Å². The summed E-state index contributed by atoms with van der Waals surface area (Å²) in [5.41, 5.74) is 2.54. The summed E-state index contributed by atoms with van der Waals surface area (Å²) in [6.07, 6.45) is 0. The lowest BCUT2D eigenvalue weighted by molar-refractivity contribution is 0.804. The van der Waals surface area contributed by atoms with E-state index in [-0.39, 0.29) is 4.75 Å². The van der Waals surface area contributed by atoms with Crippen LogP contribution in [0.3, 0.4) is 0 Å². The topological polar surface area (TPSA) is 0 Å². The molecule has 2 heteroatoms. The van der Waals surface area contributed by atoms with Gasteiger partial charge in [-0.3, -0.25) is 0 Å². The van der Waals surface area contributed by atoms with Gasteiger partial charge in [-0.05, 0) is 5.56 Å². The van der Waals surface area contributed by atoms with Crippen LogP contribution in [0, 0.1) is 4.51 Å². The molecule has 0 saturated heterocycles. The summed E-state index contributed by atoms with van der Waals surface area (Å²) in [6, 6.07) is 10.4. The van der Waals surface area contributed by atoms with Crippen LogP contribution in [-0.4, -0.2) is 4.75 Å². The fourth-order valence-corrected chi connectivity index (χ4v) is 2.96. The summed E-state index contributed by atoms with van der Waals surface area (Å²) in [6.45, 7) is 6.65. The van der Waals surface area contributed by atoms with E-state index in [0.29, 0.717) is 0 Å². The molecule has 0 aliphatic carbocycles. The van der Waals surface area contributed by atoms with Gasteiger partial charge in [0.15, 0.2) is 0 Å². The first kappa shape index (κ1) is 10.9. The molecule has 2 aromatic rings. The minimum absolute atomic E-state index is 0.246. The minimum atomic E-state index is 0.246. The fourth-order valence-electron chi connectivity index (χ4n) is 1.42. The first-order chi connectivity index (χ1) is 6.99. The van der Waals surface area contributed by atoms with Gasteiger partial charge in [0.25, 0.3) is 0 Å². The minimum Gasteiger partial charge on any atom is -0.118 e. The molecule has 0 unspecified atom stereocenters. The molecule has 0 saturated carbocycles. The summed E-state index contributed by atoms with van der Waals surface area (Å²) >= 11 is 7.22. The third-order valence-electron chi connectivity index (χ3n) is 2.07. The lowest BCUT2D eigenvalue weighted by Crippen LogP contribution is -2.05. The van der Waals surface area contributed by atoms with Crippen molar-refractivity contribution >= 4 is 24.0 Å². The molecule has 2 aromatic carbocycles. The molecule has 0 aliphatic rings. The highest BCUT2D eigenvalue weighted by atomic mass is 32.2. The molecular weight excluding hydrogens is 220 g/mol. The van der Waals surface area contributed by atoms with Crippen molar-refractivity contribution in [2.45, 2.75) is 30.4 Å². The maximum absolute atomic E-state index is 5.35. The molecule has 2 rings (SSSR count). The SMILES string of the molecule is CC(C)(C)Sc1c(-c2ccccc2)c1=S. The van der Waals surface area contributed by atoms with Crippen LogP contribution >= 0.6 is 24.0 Å². The highest BCUT2D eigenvalue weighted by Gasteiger charge is 2.25. The molecule has 0 atom stereocenters. The van der Waals surface area contributed by atoms with Gasteiger partial charge in [-0.2, -0.15) is 0 Å². The Labute approximate surface area is 100 Å². The smallest absolute Gasteiger partial charge is 0.0610 e. The molecule has 0 spiro atoms. The van der Waals surface area contributed by atoms with Crippen molar-refractivity contribution in [1.29, 1.82) is 0 Å². The van der Waals surface area contributed by atoms with Gasteiger partial charge in [0.05, 0.1) is 4.51 Å². The van der Waals surface area contributed by atoms with Crippen LogP contribution in [0.1, 0.15) is 20.8 Å². The second-order valence-corrected chi connectivity index (χ2v) is 6.86. The van der Waals surface area contributed by atoms with E-state index in [4.69, 9.17) is 12.2 Å². The van der Waals surface area contributed by atoms with Crippen LogP contribution in [0.4, 0.5) is 0 Å². The zero-order valence-corrected chi connectivity index (χ0v) is 10.8. The van der Waals surface area contributed by atoms with Crippen LogP contribution in [-0.2, 0) is 0 Å². The fraction of sp³-hybridized carbons (Fsp3) is 0.308. The third kappa shape index (κ3) is 2.50. The highest BCUT2D eigenvalue weighted by Crippen LogP contribution is 2.48. The maximum atomic E-state index is 5.35. The molecule has 0 radical (unpaired) electrons. The summed E-state index contributed by atoms with van der Waals surface area (Å²) in [5.74, 6) is 0. The number of rotatable bonds is 2. The third-order valence-corrected chi connectivity index (χ3v) is 3.83. The van der Waals surface area contributed by atoms with Gasteiger partial charge >= 0.3 is 0 Å². The lowest BCUT2D eigenvalue weighted by atomic mass is 10.2. The van der Waals surface area contributed by atoms with Gasteiger partial charge in [-0.1, -0.05) is 63.3 Å². The predicted octanol–water partition coefficient (Wildman–Crippen LogP) is 4.85. The highest BCUT2D eigenvalue weighted by molar-refractivity contribution is 8.01. The molecule has 0 bridgehead atoms. The Morgan fingerprint density at radius 3 is 2.20 bits per heavy atom. The lowest BCUT2D eigenvalue weighted by Gasteiger charge is -2.14. The summed E-state index contributed by atoms with van der Waals surface area (Å²) in [5, 5.41) is 0. The molecular formula is C13H14S2. The maximum Gasteiger partial charge on any atom is 0.0610 e. The van der Waals surface area contributed by atoms with E-state index in [0.717, 1.165) is 4.51 Å². The molecule has 0 fully saturated rings. The van der Waals surface area contributed by atoms with Crippen LogP contribution in [0.5, 0.6) is 0 Å². The van der Waals surface area contributed by atoms with Gasteiger partial charge in [0.2, 0.25) is 0 Å². The normalized spacial score (nSPS) is 12.2. The quantitative estimate of drug-likeness (QED) is 0.538. The predicted molar refractivity (Wildman–Crippen MR) is 70.7 cm³/mol. The van der Waals surface area contributed by atoms with Gasteiger partial charge in [-0.15, -0.1) is 11.8 Å². The zero-order chi connectivity index (χ0) is 11.1. The monoisotopic (exact) mass is 234 g/mol. The molecule has 0 nitrogen and oxygen atoms in total. The Kier molecular flexibility index (Phi) is 2.73. The first-order valence-corrected chi connectivity index (χ1v) is 6.25. The van der Waals surface area contributed by atoms with Gasteiger partial charge in [-0.25, -0.2) is 0 Å². The Hall–Kier alpha value is -0.600. The van der Waals surface area contributed by atoms with Crippen LogP contribution in [0.25, 0.3) is 11.1 Å². The Balaban J connectivity index is 2.24. The van der Waals surface area contributed by atoms with Gasteiger partial charge in [0, 0.05) is 15.2 Å². The summed E-state index contributed by atoms with van der Waals surface area (Å²) in [7, 11) is 0. The number of benzene rings is 1. The van der Waals surface area contributed by atoms with E-state index in [2.05, 4.69) is 45.0 Å². The van der Waals surface area contributed by atoms with Crippen molar-refractivity contribution in [3.8, 4) is 11.1 Å². The van der Waals surface area contributed by atoms with E-state index < -0.39 is 0 Å². The van der Waals surface area contributed by atoms with Crippen LogP contribution in [0.15, 0.2) is 35.2 Å². The second kappa shape index (κ2) is 3.76. The number of hydrogen-bond acceptors (Lipinski definition) is 2. The molecule has 0 aromatic heterocycles. The molecule has 15 heavy (non-hydrogen) atoms. The van der Waals surface area contributed by atoms with Gasteiger partial charge in [0.1, 0.15) is 0 Å². The van der Waals surface area contributed by atoms with E-state index in [1.54, 1.807) is 0 Å². The van der Waals surface area contributed by atoms with Gasteiger partial charge < -0.3 is 0 Å². The average molecular weight is 234 g/mol. The Morgan fingerprint density at radius 1 is 1.07 bits per heavy atom. The molecule has 78 valence electrons. The van der Waals surface area contributed by atoms with E-state index >= 15 is 0 Å². The average Bonchev–Trinajstić information content (AvgIpc) is 2.75. The van der Waals surface area contributed by atoms with Crippen molar-refractivity contribution in [1.82, 2.24) is 0 Å². The molecule has 0 heterocycles. The van der Waals surface area contributed by atoms with Crippen molar-refractivity contribution in [3.63, 3.8) is 0 Å². The zero-order valence-electron chi connectivity index (χ0n) is 9.20. The van der Waals surface area contributed by atoms with Crippen molar-refractivity contribution in [2.24, 2.45) is 0 Å². The molecule has 0 N–H and O–H groups in total. The largest absolute Gasteiger partial charge is 0.118 e. The Bertz CT molecular complexity index is 468. The van der Waals surface area contributed by atoms with E-state index in [1.807, 2.05) is 17.8 Å². The van der Waals surface area contributed by atoms with Crippen molar-refractivity contribution in [2.75, 3.05) is 0 Å². The standard InChI is InChI=1S/C13H14S2/c1-13(2,3)15-12-10(11(12)14)9-7-5-4-6-8-9/h4-8H,1-3H3. The first-order valence-electron chi connectivity index (χ1n) is 5.02. The van der Waals surface area contributed by atoms with Crippen molar-refractivity contribution in [3.05, 3.63) is 34.8 Å². The summed E-state index contributed by atoms with van der Waals surface area (Å²) < 4.78 is 1.30. The van der Waals surface area contributed by atoms with Crippen molar-refractivity contribution < 1.29 is 0 Å². The number of thioether (sulfide) groups is 1. The number of hydrogen-bond donors (Lipinski definition) is 0.